The van der Waals surface area contributed by atoms with Crippen LogP contribution in [0.25, 0.3) is 0 Å². The Labute approximate surface area is 148 Å². The highest BCUT2D eigenvalue weighted by molar-refractivity contribution is 6.26. The molecule has 128 valence electrons. The molecule has 9 heteroatoms. The number of urea groups is 1. The molecule has 0 atom stereocenters. The number of carbonyl (C=O) groups is 1. The molecule has 2 N–H and O–H groups in total. The highest BCUT2D eigenvalue weighted by Gasteiger charge is 2.18. The number of amidine groups is 1. The number of nitrogens with zero attached hydrogens (tertiary/aromatic N) is 3. The maximum Gasteiger partial charge on any atom is 0.323 e. The lowest BCUT2D eigenvalue weighted by Crippen LogP contribution is -2.21. The third-order valence-corrected chi connectivity index (χ3v) is 3.84. The van der Waals surface area contributed by atoms with Crippen molar-refractivity contribution in [1.82, 2.24) is 4.42 Å². The standard InChI is InChI=1S/C16H14ClN5O3/c17-21-9-8-18-15(21)11-4-3-5-12(10-11)19-16(23)20-13-6-1-2-7-14(13)22(24)25/h1-7,10H,8-9H2,(H2,19,20,23). The van der Waals surface area contributed by atoms with Gasteiger partial charge in [0.15, 0.2) is 0 Å². The van der Waals surface area contributed by atoms with E-state index in [2.05, 4.69) is 15.6 Å². The molecule has 2 amide bonds. The minimum Gasteiger partial charge on any atom is -0.308 e. The molecule has 2 aromatic carbocycles. The van der Waals surface area contributed by atoms with Crippen LogP contribution in [0.3, 0.4) is 0 Å². The normalized spacial score (nSPS) is 13.3. The van der Waals surface area contributed by atoms with Crippen molar-refractivity contribution in [1.29, 1.82) is 0 Å². The maximum atomic E-state index is 12.1. The van der Waals surface area contributed by atoms with E-state index in [1.165, 1.54) is 22.6 Å². The third-order valence-electron chi connectivity index (χ3n) is 3.52. The van der Waals surface area contributed by atoms with Crippen LogP contribution in [0.5, 0.6) is 0 Å². The summed E-state index contributed by atoms with van der Waals surface area (Å²) in [6.07, 6.45) is 0. The number of nitro groups is 1. The molecule has 1 aliphatic rings. The van der Waals surface area contributed by atoms with Crippen LogP contribution >= 0.6 is 11.8 Å². The average Bonchev–Trinajstić information content (AvgIpc) is 3.01. The van der Waals surface area contributed by atoms with E-state index in [-0.39, 0.29) is 11.4 Å². The molecule has 1 heterocycles. The zero-order chi connectivity index (χ0) is 17.8. The Morgan fingerprint density at radius 2 is 2.00 bits per heavy atom. The van der Waals surface area contributed by atoms with Gasteiger partial charge in [-0.2, -0.15) is 0 Å². The zero-order valence-corrected chi connectivity index (χ0v) is 13.7. The molecule has 0 bridgehead atoms. The molecule has 0 saturated carbocycles. The van der Waals surface area contributed by atoms with Crippen LogP contribution in [0.4, 0.5) is 21.9 Å². The summed E-state index contributed by atoms with van der Waals surface area (Å²) in [5.41, 5.74) is 1.24. The molecular weight excluding hydrogens is 346 g/mol. The van der Waals surface area contributed by atoms with Gasteiger partial charge in [0.1, 0.15) is 11.5 Å². The zero-order valence-electron chi connectivity index (χ0n) is 13.0. The SMILES string of the molecule is O=C(Nc1cccc(C2=NCCN2Cl)c1)Nc1ccccc1[N+](=O)[O-]. The first-order valence-corrected chi connectivity index (χ1v) is 7.78. The number of rotatable bonds is 4. The topological polar surface area (TPSA) is 99.9 Å². The first kappa shape index (κ1) is 16.7. The summed E-state index contributed by atoms with van der Waals surface area (Å²) in [5.74, 6) is 0.643. The molecule has 25 heavy (non-hydrogen) atoms. The summed E-state index contributed by atoms with van der Waals surface area (Å²) in [5, 5.41) is 16.1. The van der Waals surface area contributed by atoms with Gasteiger partial charge in [0.25, 0.3) is 5.69 Å². The predicted octanol–water partition coefficient (Wildman–Crippen LogP) is 3.45. The number of carbonyl (C=O) groups excluding carboxylic acids is 1. The van der Waals surface area contributed by atoms with Gasteiger partial charge in [0.05, 0.1) is 18.0 Å². The van der Waals surface area contributed by atoms with Crippen LogP contribution in [-0.2, 0) is 0 Å². The summed E-state index contributed by atoms with van der Waals surface area (Å²) >= 11 is 6.06. The van der Waals surface area contributed by atoms with Crippen LogP contribution in [-0.4, -0.2) is 34.3 Å². The van der Waals surface area contributed by atoms with Gasteiger partial charge in [0, 0.05) is 29.1 Å². The molecule has 3 rings (SSSR count). The Morgan fingerprint density at radius 1 is 1.20 bits per heavy atom. The van der Waals surface area contributed by atoms with Crippen LogP contribution in [0, 0.1) is 10.1 Å². The third kappa shape index (κ3) is 3.86. The van der Waals surface area contributed by atoms with E-state index in [1.807, 2.05) is 6.07 Å². The van der Waals surface area contributed by atoms with Crippen LogP contribution in [0.2, 0.25) is 0 Å². The van der Waals surface area contributed by atoms with E-state index < -0.39 is 11.0 Å². The van der Waals surface area contributed by atoms with Crippen LogP contribution < -0.4 is 10.6 Å². The van der Waals surface area contributed by atoms with Gasteiger partial charge >= 0.3 is 6.03 Å². The fourth-order valence-electron chi connectivity index (χ4n) is 2.42. The lowest BCUT2D eigenvalue weighted by Gasteiger charge is -2.12. The molecule has 0 unspecified atom stereocenters. The molecule has 0 radical (unpaired) electrons. The molecular formula is C16H14ClN5O3. The molecule has 0 saturated heterocycles. The van der Waals surface area contributed by atoms with Gasteiger partial charge in [-0.25, -0.2) is 4.79 Å². The van der Waals surface area contributed by atoms with E-state index in [1.54, 1.807) is 24.3 Å². The minimum absolute atomic E-state index is 0.119. The molecule has 8 nitrogen and oxygen atoms in total. The smallest absolute Gasteiger partial charge is 0.308 e. The molecule has 1 aliphatic heterocycles. The first-order valence-electron chi connectivity index (χ1n) is 7.44. The lowest BCUT2D eigenvalue weighted by molar-refractivity contribution is -0.383. The summed E-state index contributed by atoms with van der Waals surface area (Å²) in [6.45, 7) is 1.25. The number of hydrogen-bond donors (Lipinski definition) is 2. The van der Waals surface area contributed by atoms with Gasteiger partial charge in [-0.15, -0.1) is 0 Å². The summed E-state index contributed by atoms with van der Waals surface area (Å²) < 4.78 is 1.52. The molecule has 0 aliphatic carbocycles. The minimum atomic E-state index is -0.581. The highest BCUT2D eigenvalue weighted by atomic mass is 35.5. The number of nitro benzene ring substituents is 1. The van der Waals surface area contributed by atoms with Crippen molar-refractivity contribution in [3.8, 4) is 0 Å². The van der Waals surface area contributed by atoms with Crippen molar-refractivity contribution < 1.29 is 9.72 Å². The highest BCUT2D eigenvalue weighted by Crippen LogP contribution is 2.23. The molecule has 2 aromatic rings. The second-order valence-corrected chi connectivity index (χ2v) is 5.63. The monoisotopic (exact) mass is 359 g/mol. The molecule has 0 fully saturated rings. The number of nitrogens with one attached hydrogen (secondary N) is 2. The Balaban J connectivity index is 1.73. The summed E-state index contributed by atoms with van der Waals surface area (Å²) in [4.78, 5) is 26.9. The van der Waals surface area contributed by atoms with E-state index in [0.717, 1.165) is 5.56 Å². The summed E-state index contributed by atoms with van der Waals surface area (Å²) in [6, 6.07) is 12.4. The fraction of sp³-hybridized carbons (Fsp3) is 0.125. The Hall–Kier alpha value is -3.13. The summed E-state index contributed by atoms with van der Waals surface area (Å²) in [7, 11) is 0. The van der Waals surface area contributed by atoms with Crippen molar-refractivity contribution in [2.45, 2.75) is 0 Å². The average molecular weight is 360 g/mol. The van der Waals surface area contributed by atoms with Crippen molar-refractivity contribution >= 4 is 40.7 Å². The van der Waals surface area contributed by atoms with Gasteiger partial charge in [-0.1, -0.05) is 24.3 Å². The van der Waals surface area contributed by atoms with Gasteiger partial charge in [-0.05, 0) is 18.2 Å². The van der Waals surface area contributed by atoms with Crippen molar-refractivity contribution in [3.05, 3.63) is 64.2 Å². The number of aliphatic imine (C=N–C) groups is 1. The lowest BCUT2D eigenvalue weighted by atomic mass is 10.2. The number of amides is 2. The largest absolute Gasteiger partial charge is 0.323 e. The Kier molecular flexibility index (Phi) is 4.80. The number of para-hydroxylation sites is 2. The van der Waals surface area contributed by atoms with Gasteiger partial charge < -0.3 is 10.6 Å². The first-order chi connectivity index (χ1) is 12.0. The van der Waals surface area contributed by atoms with E-state index in [4.69, 9.17) is 11.8 Å². The Bertz CT molecular complexity index is 855. The van der Waals surface area contributed by atoms with Crippen LogP contribution in [0.15, 0.2) is 53.5 Å². The quantitative estimate of drug-likeness (QED) is 0.496. The number of benzene rings is 2. The van der Waals surface area contributed by atoms with E-state index in [9.17, 15) is 14.9 Å². The second kappa shape index (κ2) is 7.18. The van der Waals surface area contributed by atoms with Gasteiger partial charge in [-0.3, -0.25) is 19.5 Å². The van der Waals surface area contributed by atoms with Gasteiger partial charge in [0.2, 0.25) is 0 Å². The molecule has 0 spiro atoms. The van der Waals surface area contributed by atoms with Crippen molar-refractivity contribution in [3.63, 3.8) is 0 Å². The van der Waals surface area contributed by atoms with E-state index >= 15 is 0 Å². The molecule has 0 aromatic heterocycles. The predicted molar refractivity (Wildman–Crippen MR) is 96.1 cm³/mol. The number of hydrogen-bond acceptors (Lipinski definition) is 5. The van der Waals surface area contributed by atoms with Crippen LogP contribution in [0.1, 0.15) is 5.56 Å². The Morgan fingerprint density at radius 3 is 2.72 bits per heavy atom. The number of anilines is 2. The van der Waals surface area contributed by atoms with Crippen molar-refractivity contribution in [2.24, 2.45) is 4.99 Å². The number of halogens is 1. The van der Waals surface area contributed by atoms with E-state index in [0.29, 0.717) is 24.6 Å². The fourth-order valence-corrected chi connectivity index (χ4v) is 2.64. The maximum absolute atomic E-state index is 12.1. The van der Waals surface area contributed by atoms with Crippen molar-refractivity contribution in [2.75, 3.05) is 23.7 Å². The second-order valence-electron chi connectivity index (χ2n) is 5.23.